The zero-order valence-corrected chi connectivity index (χ0v) is 8.16. The lowest BCUT2D eigenvalue weighted by Gasteiger charge is -2.06. The first kappa shape index (κ1) is 11.7. The van der Waals surface area contributed by atoms with Crippen molar-refractivity contribution in [2.75, 3.05) is 5.32 Å². The Morgan fingerprint density at radius 2 is 2.19 bits per heavy atom. The van der Waals surface area contributed by atoms with Gasteiger partial charge in [-0.1, -0.05) is 5.92 Å². The van der Waals surface area contributed by atoms with E-state index in [-0.39, 0.29) is 17.7 Å². The number of anilines is 1. The van der Waals surface area contributed by atoms with Crippen molar-refractivity contribution < 1.29 is 19.1 Å². The highest BCUT2D eigenvalue weighted by molar-refractivity contribution is 6.00. The van der Waals surface area contributed by atoms with Gasteiger partial charge in [-0.25, -0.2) is 9.18 Å². The highest BCUT2D eigenvalue weighted by Crippen LogP contribution is 2.17. The summed E-state index contributed by atoms with van der Waals surface area (Å²) in [4.78, 5) is 21.9. The monoisotopic (exact) mass is 221 g/mol. The van der Waals surface area contributed by atoms with Crippen LogP contribution in [-0.2, 0) is 4.79 Å². The Morgan fingerprint density at radius 1 is 1.50 bits per heavy atom. The molecule has 0 radical (unpaired) electrons. The van der Waals surface area contributed by atoms with Gasteiger partial charge in [0.25, 0.3) is 0 Å². The van der Waals surface area contributed by atoms with E-state index in [9.17, 15) is 14.0 Å². The van der Waals surface area contributed by atoms with Gasteiger partial charge in [0, 0.05) is 0 Å². The molecule has 4 nitrogen and oxygen atoms in total. The minimum absolute atomic E-state index is 0.0224. The van der Waals surface area contributed by atoms with Crippen LogP contribution in [0.5, 0.6) is 0 Å². The molecule has 0 heterocycles. The van der Waals surface area contributed by atoms with E-state index < -0.39 is 17.7 Å². The van der Waals surface area contributed by atoms with Crippen LogP contribution in [0.4, 0.5) is 10.1 Å². The van der Waals surface area contributed by atoms with Crippen LogP contribution in [0.3, 0.4) is 0 Å². The molecule has 82 valence electrons. The van der Waals surface area contributed by atoms with E-state index in [1.54, 1.807) is 0 Å². The highest BCUT2D eigenvalue weighted by Gasteiger charge is 2.12. The average Bonchev–Trinajstić information content (AvgIpc) is 2.20. The van der Waals surface area contributed by atoms with E-state index >= 15 is 0 Å². The molecule has 0 aliphatic carbocycles. The Morgan fingerprint density at radius 3 is 2.75 bits per heavy atom. The van der Waals surface area contributed by atoms with Gasteiger partial charge in [0.2, 0.25) is 5.91 Å². The Hall–Kier alpha value is -2.35. The standard InChI is InChI=1S/C11H8FNO3/c1-2-3-10(14)13-9-5-4-7(12)6-8(9)11(15)16/h1,4-6H,3H2,(H,13,14)(H,15,16). The van der Waals surface area contributed by atoms with Crippen LogP contribution >= 0.6 is 0 Å². The number of amides is 1. The Balaban J connectivity index is 3.00. The minimum Gasteiger partial charge on any atom is -0.478 e. The van der Waals surface area contributed by atoms with Crippen molar-refractivity contribution in [3.05, 3.63) is 29.6 Å². The van der Waals surface area contributed by atoms with E-state index in [1.165, 1.54) is 6.07 Å². The smallest absolute Gasteiger partial charge is 0.337 e. The molecule has 0 aromatic heterocycles. The molecule has 0 aliphatic heterocycles. The lowest BCUT2D eigenvalue weighted by Crippen LogP contribution is -2.13. The van der Waals surface area contributed by atoms with Crippen molar-refractivity contribution >= 4 is 17.6 Å². The second-order valence-corrected chi connectivity index (χ2v) is 2.92. The van der Waals surface area contributed by atoms with Gasteiger partial charge in [-0.3, -0.25) is 4.79 Å². The van der Waals surface area contributed by atoms with Gasteiger partial charge in [0.1, 0.15) is 5.82 Å². The second-order valence-electron chi connectivity index (χ2n) is 2.92. The first-order valence-electron chi connectivity index (χ1n) is 4.30. The number of nitrogens with one attached hydrogen (secondary N) is 1. The molecule has 1 rings (SSSR count). The van der Waals surface area contributed by atoms with Crippen molar-refractivity contribution in [2.24, 2.45) is 0 Å². The first-order chi connectivity index (χ1) is 7.54. The summed E-state index contributed by atoms with van der Waals surface area (Å²) >= 11 is 0. The lowest BCUT2D eigenvalue weighted by molar-refractivity contribution is -0.115. The summed E-state index contributed by atoms with van der Waals surface area (Å²) < 4.78 is 12.8. The van der Waals surface area contributed by atoms with Crippen molar-refractivity contribution in [3.63, 3.8) is 0 Å². The fourth-order valence-electron chi connectivity index (χ4n) is 1.09. The third-order valence-electron chi connectivity index (χ3n) is 1.75. The van der Waals surface area contributed by atoms with Gasteiger partial charge in [0.05, 0.1) is 17.7 Å². The molecule has 1 aromatic carbocycles. The molecule has 16 heavy (non-hydrogen) atoms. The molecular weight excluding hydrogens is 213 g/mol. The number of hydrogen-bond acceptors (Lipinski definition) is 2. The van der Waals surface area contributed by atoms with Gasteiger partial charge in [-0.2, -0.15) is 0 Å². The maximum atomic E-state index is 12.8. The number of rotatable bonds is 3. The van der Waals surface area contributed by atoms with Gasteiger partial charge >= 0.3 is 5.97 Å². The second kappa shape index (κ2) is 4.94. The Labute approximate surface area is 91.1 Å². The number of benzene rings is 1. The van der Waals surface area contributed by atoms with Crippen LogP contribution in [-0.4, -0.2) is 17.0 Å². The predicted octanol–water partition coefficient (Wildman–Crippen LogP) is 1.49. The molecular formula is C11H8FNO3. The number of terminal acetylenes is 1. The number of carboxylic acid groups (broad SMARTS) is 1. The van der Waals surface area contributed by atoms with Crippen LogP contribution < -0.4 is 5.32 Å². The topological polar surface area (TPSA) is 66.4 Å². The SMILES string of the molecule is C#CCC(=O)Nc1ccc(F)cc1C(=O)O. The van der Waals surface area contributed by atoms with Gasteiger partial charge < -0.3 is 10.4 Å². The summed E-state index contributed by atoms with van der Waals surface area (Å²) in [5.41, 5.74) is -0.292. The number of carbonyl (C=O) groups excluding carboxylic acids is 1. The Kier molecular flexibility index (Phi) is 3.62. The number of carbonyl (C=O) groups is 2. The van der Waals surface area contributed by atoms with Crippen LogP contribution in [0.1, 0.15) is 16.8 Å². The lowest BCUT2D eigenvalue weighted by atomic mass is 10.1. The van der Waals surface area contributed by atoms with Gasteiger partial charge in [-0.15, -0.1) is 6.42 Å². The quantitative estimate of drug-likeness (QED) is 0.760. The van der Waals surface area contributed by atoms with E-state index in [1.807, 2.05) is 0 Å². The summed E-state index contributed by atoms with van der Waals surface area (Å²) in [6.45, 7) is 0. The van der Waals surface area contributed by atoms with Crippen molar-refractivity contribution in [2.45, 2.75) is 6.42 Å². The fourth-order valence-corrected chi connectivity index (χ4v) is 1.09. The van der Waals surface area contributed by atoms with E-state index in [4.69, 9.17) is 11.5 Å². The molecule has 5 heteroatoms. The van der Waals surface area contributed by atoms with E-state index in [0.717, 1.165) is 12.1 Å². The summed E-state index contributed by atoms with van der Waals surface area (Å²) in [6.07, 6.45) is 4.75. The summed E-state index contributed by atoms with van der Waals surface area (Å²) in [5, 5.41) is 11.1. The Bertz CT molecular complexity index is 477. The molecule has 1 amide bonds. The molecule has 0 bridgehead atoms. The number of aromatic carboxylic acids is 1. The first-order valence-corrected chi connectivity index (χ1v) is 4.30. The predicted molar refractivity (Wildman–Crippen MR) is 55.4 cm³/mol. The average molecular weight is 221 g/mol. The molecule has 0 atom stereocenters. The van der Waals surface area contributed by atoms with Crippen LogP contribution in [0, 0.1) is 18.2 Å². The maximum Gasteiger partial charge on any atom is 0.337 e. The van der Waals surface area contributed by atoms with E-state index in [0.29, 0.717) is 0 Å². The third-order valence-corrected chi connectivity index (χ3v) is 1.75. The number of halogens is 1. The molecule has 1 aromatic rings. The summed E-state index contributed by atoms with van der Waals surface area (Å²) in [7, 11) is 0. The minimum atomic E-state index is -1.32. The van der Waals surface area contributed by atoms with Gasteiger partial charge in [0.15, 0.2) is 0 Å². The third kappa shape index (κ3) is 2.82. The molecule has 0 saturated carbocycles. The van der Waals surface area contributed by atoms with Crippen molar-refractivity contribution in [1.29, 1.82) is 0 Å². The summed E-state index contributed by atoms with van der Waals surface area (Å²) in [5.74, 6) is -0.414. The maximum absolute atomic E-state index is 12.8. The molecule has 0 spiro atoms. The molecule has 0 aliphatic rings. The van der Waals surface area contributed by atoms with Crippen molar-refractivity contribution in [3.8, 4) is 12.3 Å². The largest absolute Gasteiger partial charge is 0.478 e. The number of hydrogen-bond donors (Lipinski definition) is 2. The van der Waals surface area contributed by atoms with Crippen molar-refractivity contribution in [1.82, 2.24) is 0 Å². The van der Waals surface area contributed by atoms with Crippen LogP contribution in [0.15, 0.2) is 18.2 Å². The molecule has 0 unspecified atom stereocenters. The fraction of sp³-hybridized carbons (Fsp3) is 0.0909. The van der Waals surface area contributed by atoms with Gasteiger partial charge in [-0.05, 0) is 18.2 Å². The summed E-state index contributed by atoms with van der Waals surface area (Å²) in [6, 6.07) is 3.05. The molecule has 0 saturated heterocycles. The number of carboxylic acids is 1. The molecule has 0 fully saturated rings. The van der Waals surface area contributed by atoms with Crippen LogP contribution in [0.25, 0.3) is 0 Å². The zero-order chi connectivity index (χ0) is 12.1. The normalized spacial score (nSPS) is 9.25. The highest BCUT2D eigenvalue weighted by atomic mass is 19.1. The zero-order valence-electron chi connectivity index (χ0n) is 8.16. The molecule has 2 N–H and O–H groups in total. The van der Waals surface area contributed by atoms with Crippen LogP contribution in [0.2, 0.25) is 0 Å². The van der Waals surface area contributed by atoms with E-state index in [2.05, 4.69) is 11.2 Å².